The average molecular weight is 402 g/mol. The third-order valence-electron chi connectivity index (χ3n) is 4.82. The first kappa shape index (κ1) is 21.1. The zero-order chi connectivity index (χ0) is 21.3. The molecule has 30 heavy (non-hydrogen) atoms. The van der Waals surface area contributed by atoms with E-state index >= 15 is 0 Å². The molecule has 0 aromatic heterocycles. The second kappa shape index (κ2) is 10.3. The highest BCUT2D eigenvalue weighted by atomic mass is 16.2. The number of nitrogens with one attached hydrogen (secondary N) is 2. The summed E-state index contributed by atoms with van der Waals surface area (Å²) in [7, 11) is 0. The lowest BCUT2D eigenvalue weighted by atomic mass is 10.1. The molecule has 3 aromatic carbocycles. The molecule has 0 bridgehead atoms. The molecule has 0 unspecified atom stereocenters. The van der Waals surface area contributed by atoms with Gasteiger partial charge in [-0.1, -0.05) is 48.5 Å². The van der Waals surface area contributed by atoms with Crippen LogP contribution in [0.25, 0.3) is 0 Å². The summed E-state index contributed by atoms with van der Waals surface area (Å²) in [6.45, 7) is 4.87. The van der Waals surface area contributed by atoms with Crippen molar-refractivity contribution in [2.24, 2.45) is 0 Å². The Morgan fingerprint density at radius 1 is 0.867 bits per heavy atom. The van der Waals surface area contributed by atoms with Crippen LogP contribution in [0, 0.1) is 13.8 Å². The van der Waals surface area contributed by atoms with Gasteiger partial charge in [-0.3, -0.25) is 9.69 Å². The monoisotopic (exact) mass is 401 g/mol. The van der Waals surface area contributed by atoms with Crippen LogP contribution in [0.15, 0.2) is 78.9 Å². The minimum Gasteiger partial charge on any atom is -0.352 e. The second-order valence-electron chi connectivity index (χ2n) is 7.21. The van der Waals surface area contributed by atoms with Crippen LogP contribution in [0.2, 0.25) is 0 Å². The molecule has 5 nitrogen and oxygen atoms in total. The van der Waals surface area contributed by atoms with Gasteiger partial charge in [0.1, 0.15) is 0 Å². The number of anilines is 2. The summed E-state index contributed by atoms with van der Waals surface area (Å²) in [4.78, 5) is 27.0. The molecular formula is C25H27N3O2. The van der Waals surface area contributed by atoms with Gasteiger partial charge >= 0.3 is 6.03 Å². The highest BCUT2D eigenvalue weighted by Crippen LogP contribution is 2.17. The Balaban J connectivity index is 1.61. The molecular weight excluding hydrogens is 374 g/mol. The minimum atomic E-state index is -0.197. The minimum absolute atomic E-state index is 0.0939. The van der Waals surface area contributed by atoms with Crippen molar-refractivity contribution in [1.29, 1.82) is 0 Å². The van der Waals surface area contributed by atoms with Crippen molar-refractivity contribution >= 4 is 23.3 Å². The predicted octanol–water partition coefficient (Wildman–Crippen LogP) is 5.16. The lowest BCUT2D eigenvalue weighted by Gasteiger charge is -2.23. The number of benzene rings is 3. The summed E-state index contributed by atoms with van der Waals surface area (Å²) in [6.07, 6.45) is 0.633. The van der Waals surface area contributed by atoms with Gasteiger partial charge in [0.05, 0.1) is 0 Å². The Morgan fingerprint density at radius 2 is 1.60 bits per heavy atom. The van der Waals surface area contributed by atoms with E-state index in [1.54, 1.807) is 4.90 Å². The molecule has 0 fully saturated rings. The van der Waals surface area contributed by atoms with Gasteiger partial charge in [-0.05, 0) is 61.7 Å². The van der Waals surface area contributed by atoms with Gasteiger partial charge in [0.25, 0.3) is 5.91 Å². The molecule has 0 atom stereocenters. The van der Waals surface area contributed by atoms with E-state index in [1.165, 1.54) is 0 Å². The van der Waals surface area contributed by atoms with E-state index in [1.807, 2.05) is 92.7 Å². The lowest BCUT2D eigenvalue weighted by molar-refractivity contribution is 0.0953. The SMILES string of the molecule is Cc1cccc(NC(=O)N(CCCNC(=O)c2ccccc2C)c2ccccc2)c1. The van der Waals surface area contributed by atoms with Crippen LogP contribution < -0.4 is 15.5 Å². The van der Waals surface area contributed by atoms with Crippen molar-refractivity contribution in [3.8, 4) is 0 Å². The Kier molecular flexibility index (Phi) is 7.22. The number of hydrogen-bond acceptors (Lipinski definition) is 2. The molecule has 0 aliphatic carbocycles. The van der Waals surface area contributed by atoms with Crippen LogP contribution in [-0.2, 0) is 0 Å². The van der Waals surface area contributed by atoms with Crippen LogP contribution >= 0.6 is 0 Å². The topological polar surface area (TPSA) is 61.4 Å². The van der Waals surface area contributed by atoms with E-state index in [9.17, 15) is 9.59 Å². The van der Waals surface area contributed by atoms with E-state index in [2.05, 4.69) is 10.6 Å². The first-order valence-corrected chi connectivity index (χ1v) is 10.1. The van der Waals surface area contributed by atoms with Gasteiger partial charge in [0, 0.05) is 30.0 Å². The molecule has 0 saturated heterocycles. The number of carbonyl (C=O) groups excluding carboxylic acids is 2. The summed E-state index contributed by atoms with van der Waals surface area (Å²) in [5, 5.41) is 5.91. The number of aryl methyl sites for hydroxylation is 2. The number of nitrogens with zero attached hydrogens (tertiary/aromatic N) is 1. The maximum absolute atomic E-state index is 12.9. The molecule has 0 heterocycles. The van der Waals surface area contributed by atoms with Crippen molar-refractivity contribution in [2.75, 3.05) is 23.3 Å². The second-order valence-corrected chi connectivity index (χ2v) is 7.21. The molecule has 0 aliphatic heterocycles. The fourth-order valence-electron chi connectivity index (χ4n) is 3.23. The molecule has 0 saturated carbocycles. The molecule has 3 amide bonds. The molecule has 0 aliphatic rings. The van der Waals surface area contributed by atoms with Crippen LogP contribution in [0.5, 0.6) is 0 Å². The molecule has 0 spiro atoms. The zero-order valence-corrected chi connectivity index (χ0v) is 17.4. The smallest absolute Gasteiger partial charge is 0.326 e. The molecule has 154 valence electrons. The first-order chi connectivity index (χ1) is 14.5. The van der Waals surface area contributed by atoms with Gasteiger partial charge in [-0.15, -0.1) is 0 Å². The quantitative estimate of drug-likeness (QED) is 0.537. The molecule has 2 N–H and O–H groups in total. The first-order valence-electron chi connectivity index (χ1n) is 10.1. The van der Waals surface area contributed by atoms with Crippen molar-refractivity contribution in [3.05, 3.63) is 95.6 Å². The normalized spacial score (nSPS) is 10.3. The number of para-hydroxylation sites is 1. The van der Waals surface area contributed by atoms with Crippen molar-refractivity contribution < 1.29 is 9.59 Å². The third-order valence-corrected chi connectivity index (χ3v) is 4.82. The molecule has 3 rings (SSSR count). The number of rotatable bonds is 7. The summed E-state index contributed by atoms with van der Waals surface area (Å²) in [5.74, 6) is -0.0939. The summed E-state index contributed by atoms with van der Waals surface area (Å²) in [5.41, 5.74) is 4.27. The summed E-state index contributed by atoms with van der Waals surface area (Å²) in [6, 6.07) is 24.6. The lowest BCUT2D eigenvalue weighted by Crippen LogP contribution is -2.37. The highest BCUT2D eigenvalue weighted by molar-refractivity contribution is 6.01. The third kappa shape index (κ3) is 5.70. The molecule has 5 heteroatoms. The fraction of sp³-hybridized carbons (Fsp3) is 0.200. The van der Waals surface area contributed by atoms with Gasteiger partial charge in [-0.25, -0.2) is 4.79 Å². The molecule has 0 radical (unpaired) electrons. The van der Waals surface area contributed by atoms with Gasteiger partial charge in [-0.2, -0.15) is 0 Å². The van der Waals surface area contributed by atoms with Crippen LogP contribution in [0.1, 0.15) is 27.9 Å². The summed E-state index contributed by atoms with van der Waals surface area (Å²) >= 11 is 0. The van der Waals surface area contributed by atoms with E-state index in [0.29, 0.717) is 25.1 Å². The predicted molar refractivity (Wildman–Crippen MR) is 122 cm³/mol. The Labute approximate surface area is 177 Å². The van der Waals surface area contributed by atoms with Crippen molar-refractivity contribution in [2.45, 2.75) is 20.3 Å². The number of urea groups is 1. The maximum atomic E-state index is 12.9. The van der Waals surface area contributed by atoms with Gasteiger partial charge < -0.3 is 10.6 Å². The van der Waals surface area contributed by atoms with Gasteiger partial charge in [0.15, 0.2) is 0 Å². The van der Waals surface area contributed by atoms with Crippen molar-refractivity contribution in [1.82, 2.24) is 5.32 Å². The Bertz CT molecular complexity index is 1000. The zero-order valence-electron chi connectivity index (χ0n) is 17.4. The van der Waals surface area contributed by atoms with Crippen LogP contribution in [-0.4, -0.2) is 25.0 Å². The molecule has 3 aromatic rings. The van der Waals surface area contributed by atoms with E-state index in [-0.39, 0.29) is 11.9 Å². The van der Waals surface area contributed by atoms with Gasteiger partial charge in [0.2, 0.25) is 0 Å². The van der Waals surface area contributed by atoms with E-state index in [0.717, 1.165) is 22.5 Å². The highest BCUT2D eigenvalue weighted by Gasteiger charge is 2.16. The van der Waals surface area contributed by atoms with E-state index < -0.39 is 0 Å². The summed E-state index contributed by atoms with van der Waals surface area (Å²) < 4.78 is 0. The Hall–Kier alpha value is -3.60. The van der Waals surface area contributed by atoms with Crippen molar-refractivity contribution in [3.63, 3.8) is 0 Å². The van der Waals surface area contributed by atoms with E-state index in [4.69, 9.17) is 0 Å². The van der Waals surface area contributed by atoms with Crippen LogP contribution in [0.4, 0.5) is 16.2 Å². The number of amides is 3. The standard InChI is InChI=1S/C25H27N3O2/c1-19-10-8-12-21(18-19)27-25(30)28(22-13-4-3-5-14-22)17-9-16-26-24(29)23-15-7-6-11-20(23)2/h3-8,10-15,18H,9,16-17H2,1-2H3,(H,26,29)(H,27,30). The number of carbonyl (C=O) groups is 2. The fourth-order valence-corrected chi connectivity index (χ4v) is 3.23. The number of hydrogen-bond donors (Lipinski definition) is 2. The maximum Gasteiger partial charge on any atom is 0.326 e. The van der Waals surface area contributed by atoms with Crippen LogP contribution in [0.3, 0.4) is 0 Å². The largest absolute Gasteiger partial charge is 0.352 e. The Morgan fingerprint density at radius 3 is 2.33 bits per heavy atom. The average Bonchev–Trinajstić information content (AvgIpc) is 2.74.